The number of hydrogen-bond donors (Lipinski definition) is 3. The number of imidazole rings is 1. The lowest BCUT2D eigenvalue weighted by molar-refractivity contribution is 0.184. The van der Waals surface area contributed by atoms with Crippen LogP contribution in [0.25, 0.3) is 5.82 Å². The Bertz CT molecular complexity index is 921. The zero-order valence-corrected chi connectivity index (χ0v) is 17.3. The number of aliphatic imine (C=N–C) groups is 1. The number of pyridine rings is 1. The summed E-state index contributed by atoms with van der Waals surface area (Å²) >= 11 is 7.30. The third kappa shape index (κ3) is 5.31. The van der Waals surface area contributed by atoms with Crippen LogP contribution >= 0.6 is 22.9 Å². The van der Waals surface area contributed by atoms with Crippen molar-refractivity contribution in [2.45, 2.75) is 26.5 Å². The minimum Gasteiger partial charge on any atom is -0.386 e. The standard InChI is InChI=1S/C19H23ClN6OS/c1-3-21-19(25-12-15(27)16-5-6-17(20)28-16)24-11-14-4-7-18(23-10-14)26-9-8-22-13(26)2/h4-10,15,27H,3,11-12H2,1-2H3,(H2,21,24,25). The molecule has 1 unspecified atom stereocenters. The molecule has 3 heterocycles. The van der Waals surface area contributed by atoms with Crippen LogP contribution < -0.4 is 10.6 Å². The SMILES string of the molecule is CCNC(=NCc1ccc(-n2ccnc2C)nc1)NCC(O)c1ccc(Cl)s1. The van der Waals surface area contributed by atoms with Crippen molar-refractivity contribution in [3.63, 3.8) is 0 Å². The van der Waals surface area contributed by atoms with Gasteiger partial charge in [-0.25, -0.2) is 15.0 Å². The molecule has 0 saturated carbocycles. The lowest BCUT2D eigenvalue weighted by Crippen LogP contribution is -2.39. The average Bonchev–Trinajstić information content (AvgIpc) is 3.32. The van der Waals surface area contributed by atoms with E-state index in [1.807, 2.05) is 49.0 Å². The fraction of sp³-hybridized carbons (Fsp3) is 0.316. The summed E-state index contributed by atoms with van der Waals surface area (Å²) in [5.41, 5.74) is 0.990. The number of halogens is 1. The molecule has 148 valence electrons. The number of aliphatic hydroxyl groups is 1. The molecule has 0 amide bonds. The van der Waals surface area contributed by atoms with Crippen molar-refractivity contribution in [1.29, 1.82) is 0 Å². The molecule has 3 aromatic rings. The monoisotopic (exact) mass is 418 g/mol. The number of nitrogens with zero attached hydrogens (tertiary/aromatic N) is 4. The molecule has 0 bridgehead atoms. The highest BCUT2D eigenvalue weighted by atomic mass is 35.5. The molecular formula is C19H23ClN6OS. The highest BCUT2D eigenvalue weighted by Crippen LogP contribution is 2.26. The Labute approximate surface area is 173 Å². The molecule has 0 aliphatic carbocycles. The van der Waals surface area contributed by atoms with Crippen LogP contribution in [-0.4, -0.2) is 38.7 Å². The van der Waals surface area contributed by atoms with Crippen LogP contribution in [0.15, 0.2) is 47.8 Å². The molecule has 1 atom stereocenters. The zero-order chi connectivity index (χ0) is 19.9. The van der Waals surface area contributed by atoms with Gasteiger partial charge in [0.1, 0.15) is 17.7 Å². The summed E-state index contributed by atoms with van der Waals surface area (Å²) in [5.74, 6) is 2.35. The number of guanidine groups is 1. The highest BCUT2D eigenvalue weighted by molar-refractivity contribution is 7.16. The summed E-state index contributed by atoms with van der Waals surface area (Å²) in [7, 11) is 0. The number of aliphatic hydroxyl groups excluding tert-OH is 1. The Morgan fingerprint density at radius 1 is 1.29 bits per heavy atom. The van der Waals surface area contributed by atoms with Gasteiger partial charge in [0.2, 0.25) is 0 Å². The molecule has 0 aliphatic rings. The maximum atomic E-state index is 10.3. The normalized spacial score (nSPS) is 12.8. The number of hydrogen-bond acceptors (Lipinski definition) is 5. The van der Waals surface area contributed by atoms with E-state index in [1.54, 1.807) is 12.3 Å². The molecule has 3 aromatic heterocycles. The molecule has 0 spiro atoms. The van der Waals surface area contributed by atoms with Gasteiger partial charge in [-0.05, 0) is 37.6 Å². The second-order valence-corrected chi connectivity index (χ2v) is 7.85. The van der Waals surface area contributed by atoms with E-state index in [0.717, 1.165) is 28.6 Å². The quantitative estimate of drug-likeness (QED) is 0.405. The van der Waals surface area contributed by atoms with Crippen LogP contribution in [0.5, 0.6) is 0 Å². The number of rotatable bonds is 7. The first kappa shape index (κ1) is 20.3. The fourth-order valence-corrected chi connectivity index (χ4v) is 3.63. The van der Waals surface area contributed by atoms with E-state index >= 15 is 0 Å². The molecule has 0 radical (unpaired) electrons. The van der Waals surface area contributed by atoms with Crippen molar-refractivity contribution in [3.05, 3.63) is 63.5 Å². The highest BCUT2D eigenvalue weighted by Gasteiger charge is 2.11. The van der Waals surface area contributed by atoms with Gasteiger partial charge in [-0.15, -0.1) is 11.3 Å². The van der Waals surface area contributed by atoms with Gasteiger partial charge < -0.3 is 15.7 Å². The van der Waals surface area contributed by atoms with Gasteiger partial charge in [0.05, 0.1) is 10.9 Å². The second-order valence-electron chi connectivity index (χ2n) is 6.10. The van der Waals surface area contributed by atoms with Gasteiger partial charge >= 0.3 is 0 Å². The third-order valence-electron chi connectivity index (χ3n) is 4.03. The molecule has 0 aromatic carbocycles. The largest absolute Gasteiger partial charge is 0.386 e. The summed E-state index contributed by atoms with van der Waals surface area (Å²) in [6, 6.07) is 7.56. The van der Waals surface area contributed by atoms with Crippen LogP contribution in [-0.2, 0) is 6.54 Å². The lowest BCUT2D eigenvalue weighted by atomic mass is 10.3. The first-order valence-corrected chi connectivity index (χ1v) is 10.2. The van der Waals surface area contributed by atoms with E-state index in [9.17, 15) is 5.11 Å². The average molecular weight is 419 g/mol. The molecule has 7 nitrogen and oxygen atoms in total. The Balaban J connectivity index is 1.60. The van der Waals surface area contributed by atoms with Crippen LogP contribution in [0.1, 0.15) is 29.3 Å². The molecule has 9 heteroatoms. The van der Waals surface area contributed by atoms with Crippen molar-refractivity contribution in [3.8, 4) is 5.82 Å². The van der Waals surface area contributed by atoms with Crippen LogP contribution in [0, 0.1) is 6.92 Å². The number of nitrogens with one attached hydrogen (secondary N) is 2. The molecule has 3 N–H and O–H groups in total. The summed E-state index contributed by atoms with van der Waals surface area (Å²) in [5, 5.41) is 16.6. The fourth-order valence-electron chi connectivity index (χ4n) is 2.59. The van der Waals surface area contributed by atoms with E-state index in [0.29, 0.717) is 23.4 Å². The lowest BCUT2D eigenvalue weighted by Gasteiger charge is -2.14. The van der Waals surface area contributed by atoms with Gasteiger partial charge in [-0.1, -0.05) is 17.7 Å². The van der Waals surface area contributed by atoms with E-state index in [-0.39, 0.29) is 0 Å². The maximum absolute atomic E-state index is 10.3. The first-order valence-electron chi connectivity index (χ1n) is 8.97. The van der Waals surface area contributed by atoms with E-state index in [1.165, 1.54) is 11.3 Å². The molecule has 28 heavy (non-hydrogen) atoms. The summed E-state index contributed by atoms with van der Waals surface area (Å²) in [6.45, 7) is 5.49. The Hall–Kier alpha value is -2.42. The molecule has 0 aliphatic heterocycles. The van der Waals surface area contributed by atoms with Crippen LogP contribution in [0.2, 0.25) is 4.34 Å². The summed E-state index contributed by atoms with van der Waals surface area (Å²) in [4.78, 5) is 14.1. The number of aryl methyl sites for hydroxylation is 1. The Morgan fingerprint density at radius 2 is 2.14 bits per heavy atom. The predicted molar refractivity (Wildman–Crippen MR) is 113 cm³/mol. The van der Waals surface area contributed by atoms with Crippen molar-refractivity contribution in [2.24, 2.45) is 4.99 Å². The molecular weight excluding hydrogens is 396 g/mol. The summed E-state index contributed by atoms with van der Waals surface area (Å²) < 4.78 is 2.59. The number of thiophene rings is 1. The van der Waals surface area contributed by atoms with Crippen molar-refractivity contribution in [1.82, 2.24) is 25.2 Å². The third-order valence-corrected chi connectivity index (χ3v) is 5.36. The predicted octanol–water partition coefficient (Wildman–Crippen LogP) is 3.08. The van der Waals surface area contributed by atoms with Crippen molar-refractivity contribution >= 4 is 28.9 Å². The molecule has 3 rings (SSSR count). The van der Waals surface area contributed by atoms with Crippen LogP contribution in [0.3, 0.4) is 0 Å². The minimum atomic E-state index is -0.638. The molecule has 0 fully saturated rings. The molecule has 0 saturated heterocycles. The van der Waals surface area contributed by atoms with Gasteiger partial charge in [-0.2, -0.15) is 0 Å². The van der Waals surface area contributed by atoms with Gasteiger partial charge in [0, 0.05) is 36.6 Å². The smallest absolute Gasteiger partial charge is 0.191 e. The van der Waals surface area contributed by atoms with E-state index < -0.39 is 6.10 Å². The van der Waals surface area contributed by atoms with Crippen molar-refractivity contribution in [2.75, 3.05) is 13.1 Å². The maximum Gasteiger partial charge on any atom is 0.191 e. The van der Waals surface area contributed by atoms with Gasteiger partial charge in [-0.3, -0.25) is 4.57 Å². The van der Waals surface area contributed by atoms with Gasteiger partial charge in [0.15, 0.2) is 5.96 Å². The van der Waals surface area contributed by atoms with Crippen LogP contribution in [0.4, 0.5) is 0 Å². The first-order chi connectivity index (χ1) is 13.6. The topological polar surface area (TPSA) is 87.4 Å². The van der Waals surface area contributed by atoms with E-state index in [4.69, 9.17) is 11.6 Å². The second kappa shape index (κ2) is 9.68. The Kier molecular flexibility index (Phi) is 7.02. The zero-order valence-electron chi connectivity index (χ0n) is 15.8. The minimum absolute atomic E-state index is 0.347. The van der Waals surface area contributed by atoms with Gasteiger partial charge in [0.25, 0.3) is 0 Å². The van der Waals surface area contributed by atoms with Crippen molar-refractivity contribution < 1.29 is 5.11 Å². The Morgan fingerprint density at radius 3 is 2.75 bits per heavy atom. The summed E-state index contributed by atoms with van der Waals surface area (Å²) in [6.07, 6.45) is 4.81. The van der Waals surface area contributed by atoms with E-state index in [2.05, 4.69) is 25.6 Å². The number of aromatic nitrogens is 3.